The highest BCUT2D eigenvalue weighted by atomic mass is 16.5. The summed E-state index contributed by atoms with van der Waals surface area (Å²) in [4.78, 5) is 14.0. The topological polar surface area (TPSA) is 72.3 Å². The predicted molar refractivity (Wildman–Crippen MR) is 74.4 cm³/mol. The second-order valence-electron chi connectivity index (χ2n) is 5.16. The lowest BCUT2D eigenvalue weighted by Crippen LogP contribution is -2.45. The van der Waals surface area contributed by atoms with Crippen molar-refractivity contribution < 1.29 is 9.53 Å². The molecule has 7 nitrogen and oxygen atoms in total. The quantitative estimate of drug-likeness (QED) is 0.808. The van der Waals surface area contributed by atoms with E-state index in [0.29, 0.717) is 19.7 Å². The summed E-state index contributed by atoms with van der Waals surface area (Å²) in [6.45, 7) is 2.84. The van der Waals surface area contributed by atoms with Crippen molar-refractivity contribution in [3.63, 3.8) is 0 Å². The zero-order chi connectivity index (χ0) is 14.4. The summed E-state index contributed by atoms with van der Waals surface area (Å²) >= 11 is 0. The molecule has 1 aliphatic rings. The van der Waals surface area contributed by atoms with Crippen molar-refractivity contribution in [2.24, 2.45) is 7.05 Å². The molecule has 7 heteroatoms. The van der Waals surface area contributed by atoms with Gasteiger partial charge in [-0.1, -0.05) is 0 Å². The molecule has 0 unspecified atom stereocenters. The SMILES string of the molecule is COCCCNC(=O)N1CCC[C@@H](c2nncn2C)C1. The summed E-state index contributed by atoms with van der Waals surface area (Å²) in [6.07, 6.45) is 4.60. The number of piperidine rings is 1. The van der Waals surface area contributed by atoms with E-state index in [9.17, 15) is 4.79 Å². The summed E-state index contributed by atoms with van der Waals surface area (Å²) < 4.78 is 6.90. The van der Waals surface area contributed by atoms with Crippen molar-refractivity contribution in [1.82, 2.24) is 25.0 Å². The van der Waals surface area contributed by atoms with Crippen LogP contribution in [-0.2, 0) is 11.8 Å². The van der Waals surface area contributed by atoms with E-state index in [2.05, 4.69) is 15.5 Å². The Labute approximate surface area is 119 Å². The third-order valence-corrected chi connectivity index (χ3v) is 3.62. The largest absolute Gasteiger partial charge is 0.385 e. The number of methoxy groups -OCH3 is 1. The molecule has 1 aromatic heterocycles. The number of hydrogen-bond acceptors (Lipinski definition) is 4. The van der Waals surface area contributed by atoms with Crippen LogP contribution in [0.4, 0.5) is 4.79 Å². The molecule has 1 saturated heterocycles. The molecule has 1 atom stereocenters. The molecular weight excluding hydrogens is 258 g/mol. The van der Waals surface area contributed by atoms with Crippen molar-refractivity contribution in [1.29, 1.82) is 0 Å². The zero-order valence-electron chi connectivity index (χ0n) is 12.2. The number of amides is 2. The van der Waals surface area contributed by atoms with Crippen molar-refractivity contribution in [3.05, 3.63) is 12.2 Å². The van der Waals surface area contributed by atoms with Crippen molar-refractivity contribution in [2.75, 3.05) is 33.4 Å². The van der Waals surface area contributed by atoms with Gasteiger partial charge in [-0.3, -0.25) is 0 Å². The summed E-state index contributed by atoms with van der Waals surface area (Å²) in [5.41, 5.74) is 0. The van der Waals surface area contributed by atoms with Crippen LogP contribution in [0.15, 0.2) is 6.33 Å². The van der Waals surface area contributed by atoms with Gasteiger partial charge < -0.3 is 19.5 Å². The molecule has 0 bridgehead atoms. The highest BCUT2D eigenvalue weighted by Gasteiger charge is 2.27. The van der Waals surface area contributed by atoms with Gasteiger partial charge in [-0.15, -0.1) is 10.2 Å². The first kappa shape index (κ1) is 14.8. The molecule has 2 rings (SSSR count). The number of ether oxygens (including phenoxy) is 1. The molecule has 0 aliphatic carbocycles. The zero-order valence-corrected chi connectivity index (χ0v) is 12.2. The molecule has 20 heavy (non-hydrogen) atoms. The molecule has 1 N–H and O–H groups in total. The normalized spacial score (nSPS) is 19.1. The first-order valence-corrected chi connectivity index (χ1v) is 7.08. The maximum absolute atomic E-state index is 12.1. The Bertz CT molecular complexity index is 434. The van der Waals surface area contributed by atoms with Crippen molar-refractivity contribution >= 4 is 6.03 Å². The number of urea groups is 1. The van der Waals surface area contributed by atoms with Crippen LogP contribution in [0.2, 0.25) is 0 Å². The van der Waals surface area contributed by atoms with Crippen molar-refractivity contribution in [3.8, 4) is 0 Å². The monoisotopic (exact) mass is 281 g/mol. The van der Waals surface area contributed by atoms with Gasteiger partial charge in [0.2, 0.25) is 0 Å². The fraction of sp³-hybridized carbons (Fsp3) is 0.769. The number of nitrogens with zero attached hydrogens (tertiary/aromatic N) is 4. The predicted octanol–water partition coefficient (Wildman–Crippen LogP) is 0.741. The van der Waals surface area contributed by atoms with Gasteiger partial charge >= 0.3 is 6.03 Å². The average molecular weight is 281 g/mol. The first-order valence-electron chi connectivity index (χ1n) is 7.08. The maximum atomic E-state index is 12.1. The Morgan fingerprint density at radius 1 is 1.60 bits per heavy atom. The van der Waals surface area contributed by atoms with E-state index in [1.54, 1.807) is 13.4 Å². The molecule has 2 heterocycles. The summed E-state index contributed by atoms with van der Waals surface area (Å²) in [7, 11) is 3.61. The lowest BCUT2D eigenvalue weighted by atomic mass is 9.97. The third-order valence-electron chi connectivity index (χ3n) is 3.62. The van der Waals surface area contributed by atoms with E-state index in [0.717, 1.165) is 31.6 Å². The molecule has 0 saturated carbocycles. The molecular formula is C13H23N5O2. The molecule has 0 radical (unpaired) electrons. The van der Waals surface area contributed by atoms with Crippen LogP contribution >= 0.6 is 0 Å². The smallest absolute Gasteiger partial charge is 0.317 e. The van der Waals surface area contributed by atoms with Gasteiger partial charge in [0.1, 0.15) is 12.2 Å². The number of nitrogens with one attached hydrogen (secondary N) is 1. The van der Waals surface area contributed by atoms with Crippen LogP contribution in [0.25, 0.3) is 0 Å². The molecule has 112 valence electrons. The van der Waals surface area contributed by atoms with Gasteiger partial charge in [0.15, 0.2) is 0 Å². The minimum Gasteiger partial charge on any atom is -0.385 e. The minimum atomic E-state index is 0.00738. The average Bonchev–Trinajstić information content (AvgIpc) is 2.90. The number of hydrogen-bond donors (Lipinski definition) is 1. The highest BCUT2D eigenvalue weighted by Crippen LogP contribution is 2.24. The Hall–Kier alpha value is -1.63. The number of aryl methyl sites for hydroxylation is 1. The molecule has 1 fully saturated rings. The number of carbonyl (C=O) groups excluding carboxylic acids is 1. The lowest BCUT2D eigenvalue weighted by molar-refractivity contribution is 0.172. The second-order valence-corrected chi connectivity index (χ2v) is 5.16. The number of carbonyl (C=O) groups is 1. The van der Waals surface area contributed by atoms with Gasteiger partial charge in [-0.05, 0) is 19.3 Å². The Morgan fingerprint density at radius 3 is 3.15 bits per heavy atom. The van der Waals surface area contributed by atoms with E-state index in [1.165, 1.54) is 0 Å². The van der Waals surface area contributed by atoms with Gasteiger partial charge in [-0.25, -0.2) is 4.79 Å². The third kappa shape index (κ3) is 3.69. The summed E-state index contributed by atoms with van der Waals surface area (Å²) in [5.74, 6) is 1.24. The number of aromatic nitrogens is 3. The number of likely N-dealkylation sites (tertiary alicyclic amines) is 1. The Kier molecular flexibility index (Phi) is 5.34. The molecule has 1 aliphatic heterocycles. The van der Waals surface area contributed by atoms with E-state index >= 15 is 0 Å². The number of rotatable bonds is 5. The molecule has 1 aromatic rings. The van der Waals surface area contributed by atoms with E-state index < -0.39 is 0 Å². The van der Waals surface area contributed by atoms with Crippen molar-refractivity contribution in [2.45, 2.75) is 25.2 Å². The standard InChI is InChI=1S/C13H23N5O2/c1-17-10-15-16-12(17)11-5-3-7-18(9-11)13(19)14-6-4-8-20-2/h10-11H,3-9H2,1-2H3,(H,14,19)/t11-/m1/s1. The fourth-order valence-electron chi connectivity index (χ4n) is 2.56. The van der Waals surface area contributed by atoms with Crippen LogP contribution in [0.5, 0.6) is 0 Å². The summed E-state index contributed by atoms with van der Waals surface area (Å²) in [5, 5.41) is 11.0. The Morgan fingerprint density at radius 2 is 2.45 bits per heavy atom. The van der Waals surface area contributed by atoms with E-state index in [-0.39, 0.29) is 11.9 Å². The van der Waals surface area contributed by atoms with E-state index in [4.69, 9.17) is 4.74 Å². The van der Waals surface area contributed by atoms with E-state index in [1.807, 2.05) is 16.5 Å². The molecule has 0 aromatic carbocycles. The fourth-order valence-corrected chi connectivity index (χ4v) is 2.56. The van der Waals surface area contributed by atoms with Crippen LogP contribution in [0, 0.1) is 0 Å². The molecule has 0 spiro atoms. The van der Waals surface area contributed by atoms with Gasteiger partial charge in [0.05, 0.1) is 0 Å². The highest BCUT2D eigenvalue weighted by molar-refractivity contribution is 5.74. The van der Waals surface area contributed by atoms with Gasteiger partial charge in [0.25, 0.3) is 0 Å². The Balaban J connectivity index is 1.84. The van der Waals surface area contributed by atoms with Crippen LogP contribution in [-0.4, -0.2) is 59.0 Å². The second kappa shape index (κ2) is 7.23. The first-order chi connectivity index (χ1) is 9.72. The van der Waals surface area contributed by atoms with Gasteiger partial charge in [-0.2, -0.15) is 0 Å². The molecule has 2 amide bonds. The maximum Gasteiger partial charge on any atom is 0.317 e. The minimum absolute atomic E-state index is 0.00738. The van der Waals surface area contributed by atoms with Crippen LogP contribution in [0.1, 0.15) is 31.0 Å². The summed E-state index contributed by atoms with van der Waals surface area (Å²) in [6, 6.07) is 0.00738. The van der Waals surface area contributed by atoms with Crippen LogP contribution < -0.4 is 5.32 Å². The lowest BCUT2D eigenvalue weighted by Gasteiger charge is -2.32. The van der Waals surface area contributed by atoms with Crippen LogP contribution in [0.3, 0.4) is 0 Å². The van der Waals surface area contributed by atoms with Gasteiger partial charge in [0, 0.05) is 46.3 Å².